The molecule has 0 aliphatic carbocycles. The lowest BCUT2D eigenvalue weighted by Gasteiger charge is -2.18. The van der Waals surface area contributed by atoms with Crippen LogP contribution >= 0.6 is 0 Å². The van der Waals surface area contributed by atoms with Crippen molar-refractivity contribution in [1.82, 2.24) is 9.13 Å². The first kappa shape index (κ1) is 13.4. The molecule has 0 unspecified atom stereocenters. The summed E-state index contributed by atoms with van der Waals surface area (Å²) in [4.78, 5) is 12.1. The molecule has 0 saturated carbocycles. The van der Waals surface area contributed by atoms with E-state index in [1.807, 2.05) is 49.6 Å². The van der Waals surface area contributed by atoms with Crippen LogP contribution in [0.15, 0.2) is 71.7 Å². The first-order valence-corrected chi connectivity index (χ1v) is 7.00. The lowest BCUT2D eigenvalue weighted by atomic mass is 9.89. The van der Waals surface area contributed by atoms with Crippen molar-refractivity contribution in [3.8, 4) is 0 Å². The van der Waals surface area contributed by atoms with Crippen molar-refractivity contribution in [2.45, 2.75) is 5.92 Å². The molecule has 106 valence electrons. The fourth-order valence-electron chi connectivity index (χ4n) is 2.78. The van der Waals surface area contributed by atoms with Crippen LogP contribution in [-0.2, 0) is 14.1 Å². The zero-order chi connectivity index (χ0) is 14.8. The van der Waals surface area contributed by atoms with E-state index in [0.717, 1.165) is 5.69 Å². The molecular formula is C18H18N2O. The number of aryl methyl sites for hydroxylation is 1. The second-order valence-electron chi connectivity index (χ2n) is 5.26. The maximum Gasteiger partial charge on any atom is 0.327 e. The van der Waals surface area contributed by atoms with Gasteiger partial charge >= 0.3 is 5.69 Å². The average molecular weight is 278 g/mol. The first-order valence-electron chi connectivity index (χ1n) is 7.00. The molecule has 2 aromatic carbocycles. The molecule has 3 nitrogen and oxygen atoms in total. The summed E-state index contributed by atoms with van der Waals surface area (Å²) in [6, 6.07) is 20.6. The molecule has 0 N–H and O–H groups in total. The molecule has 3 rings (SSSR count). The Kier molecular flexibility index (Phi) is 3.48. The van der Waals surface area contributed by atoms with Crippen LogP contribution in [0.25, 0.3) is 0 Å². The third kappa shape index (κ3) is 2.42. The van der Waals surface area contributed by atoms with Crippen LogP contribution < -0.4 is 5.69 Å². The highest BCUT2D eigenvalue weighted by atomic mass is 16.1. The van der Waals surface area contributed by atoms with Crippen molar-refractivity contribution in [2.24, 2.45) is 14.1 Å². The Hall–Kier alpha value is -2.55. The minimum Gasteiger partial charge on any atom is -0.302 e. The van der Waals surface area contributed by atoms with Crippen LogP contribution in [0.4, 0.5) is 0 Å². The maximum absolute atomic E-state index is 12.1. The van der Waals surface area contributed by atoms with Crippen LogP contribution in [0.3, 0.4) is 0 Å². The summed E-state index contributed by atoms with van der Waals surface area (Å²) >= 11 is 0. The minimum atomic E-state index is 0.00172. The van der Waals surface area contributed by atoms with Gasteiger partial charge in [-0.05, 0) is 11.1 Å². The van der Waals surface area contributed by atoms with E-state index in [0.29, 0.717) is 0 Å². The monoisotopic (exact) mass is 278 g/mol. The van der Waals surface area contributed by atoms with E-state index in [9.17, 15) is 4.79 Å². The van der Waals surface area contributed by atoms with Crippen molar-refractivity contribution in [2.75, 3.05) is 0 Å². The standard InChI is InChI=1S/C18H18N2O/c1-19-13-16(20(2)18(19)21)17(14-9-5-3-6-10-14)15-11-7-4-8-12-15/h3-13,17H,1-2H3. The van der Waals surface area contributed by atoms with Gasteiger partial charge in [-0.3, -0.25) is 4.57 Å². The maximum atomic E-state index is 12.1. The first-order chi connectivity index (χ1) is 10.2. The molecule has 0 saturated heterocycles. The molecule has 0 fully saturated rings. The predicted octanol–water partition coefficient (Wildman–Crippen LogP) is 2.90. The van der Waals surface area contributed by atoms with Gasteiger partial charge in [0.25, 0.3) is 0 Å². The van der Waals surface area contributed by atoms with Crippen LogP contribution in [0.2, 0.25) is 0 Å². The zero-order valence-electron chi connectivity index (χ0n) is 12.2. The van der Waals surface area contributed by atoms with Crippen LogP contribution in [-0.4, -0.2) is 9.13 Å². The van der Waals surface area contributed by atoms with Gasteiger partial charge in [0, 0.05) is 20.3 Å². The number of rotatable bonds is 3. The lowest BCUT2D eigenvalue weighted by Crippen LogP contribution is -2.21. The number of benzene rings is 2. The third-order valence-corrected chi connectivity index (χ3v) is 3.86. The van der Waals surface area contributed by atoms with Gasteiger partial charge in [0.05, 0.1) is 11.6 Å². The molecule has 0 aliphatic rings. The van der Waals surface area contributed by atoms with Crippen LogP contribution in [0.1, 0.15) is 22.7 Å². The molecule has 21 heavy (non-hydrogen) atoms. The molecule has 0 spiro atoms. The van der Waals surface area contributed by atoms with Crippen molar-refractivity contribution in [1.29, 1.82) is 0 Å². The third-order valence-electron chi connectivity index (χ3n) is 3.86. The van der Waals surface area contributed by atoms with Gasteiger partial charge in [0.15, 0.2) is 0 Å². The second-order valence-corrected chi connectivity index (χ2v) is 5.26. The van der Waals surface area contributed by atoms with Gasteiger partial charge in [-0.2, -0.15) is 0 Å². The highest BCUT2D eigenvalue weighted by Crippen LogP contribution is 2.30. The SMILES string of the molecule is Cn1cc(C(c2ccccc2)c2ccccc2)n(C)c1=O. The molecule has 1 aromatic heterocycles. The van der Waals surface area contributed by atoms with E-state index >= 15 is 0 Å². The molecule has 0 bridgehead atoms. The Morgan fingerprint density at radius 3 is 1.67 bits per heavy atom. The van der Waals surface area contributed by atoms with E-state index < -0.39 is 0 Å². The molecular weight excluding hydrogens is 260 g/mol. The van der Waals surface area contributed by atoms with Gasteiger partial charge in [-0.1, -0.05) is 60.7 Å². The average Bonchev–Trinajstić information content (AvgIpc) is 2.78. The largest absolute Gasteiger partial charge is 0.327 e. The highest BCUT2D eigenvalue weighted by molar-refractivity contribution is 5.40. The summed E-state index contributed by atoms with van der Waals surface area (Å²) in [5.74, 6) is 0.0614. The number of nitrogens with zero attached hydrogens (tertiary/aromatic N) is 2. The Balaban J connectivity index is 2.22. The Morgan fingerprint density at radius 2 is 1.29 bits per heavy atom. The van der Waals surface area contributed by atoms with E-state index in [4.69, 9.17) is 0 Å². The van der Waals surface area contributed by atoms with Gasteiger partial charge in [-0.25, -0.2) is 4.79 Å². The zero-order valence-corrected chi connectivity index (χ0v) is 12.2. The predicted molar refractivity (Wildman–Crippen MR) is 84.5 cm³/mol. The van der Waals surface area contributed by atoms with Crippen molar-refractivity contribution < 1.29 is 0 Å². The summed E-state index contributed by atoms with van der Waals surface area (Å²) in [5.41, 5.74) is 3.37. The van der Waals surface area contributed by atoms with Gasteiger partial charge in [-0.15, -0.1) is 0 Å². The number of imidazole rings is 1. The second kappa shape index (κ2) is 5.44. The van der Waals surface area contributed by atoms with Crippen molar-refractivity contribution in [3.05, 3.63) is 94.2 Å². The van der Waals surface area contributed by atoms with Crippen molar-refractivity contribution >= 4 is 0 Å². The molecule has 3 heteroatoms. The summed E-state index contributed by atoms with van der Waals surface area (Å²) in [5, 5.41) is 0. The lowest BCUT2D eigenvalue weighted by molar-refractivity contribution is 0.740. The fourth-order valence-corrected chi connectivity index (χ4v) is 2.78. The number of hydrogen-bond acceptors (Lipinski definition) is 1. The van der Waals surface area contributed by atoms with Gasteiger partial charge < -0.3 is 4.57 Å². The van der Waals surface area contributed by atoms with E-state index in [2.05, 4.69) is 24.3 Å². The normalized spacial score (nSPS) is 11.0. The Labute approximate surface area is 124 Å². The van der Waals surface area contributed by atoms with Crippen LogP contribution in [0.5, 0.6) is 0 Å². The van der Waals surface area contributed by atoms with E-state index in [1.54, 1.807) is 16.2 Å². The van der Waals surface area contributed by atoms with Crippen LogP contribution in [0, 0.1) is 0 Å². The van der Waals surface area contributed by atoms with E-state index in [-0.39, 0.29) is 11.6 Å². The molecule has 0 radical (unpaired) electrons. The fraction of sp³-hybridized carbons (Fsp3) is 0.167. The topological polar surface area (TPSA) is 26.9 Å². The molecule has 3 aromatic rings. The molecule has 1 heterocycles. The Morgan fingerprint density at radius 1 is 0.810 bits per heavy atom. The smallest absolute Gasteiger partial charge is 0.302 e. The molecule has 0 amide bonds. The molecule has 0 aliphatic heterocycles. The van der Waals surface area contributed by atoms with E-state index in [1.165, 1.54) is 11.1 Å². The summed E-state index contributed by atoms with van der Waals surface area (Å²) in [7, 11) is 3.62. The van der Waals surface area contributed by atoms with Gasteiger partial charge in [0.2, 0.25) is 0 Å². The summed E-state index contributed by atoms with van der Waals surface area (Å²) < 4.78 is 3.36. The quantitative estimate of drug-likeness (QED) is 0.723. The number of hydrogen-bond donors (Lipinski definition) is 0. The summed E-state index contributed by atoms with van der Waals surface area (Å²) in [6.45, 7) is 0. The van der Waals surface area contributed by atoms with Gasteiger partial charge in [0.1, 0.15) is 0 Å². The molecule has 0 atom stereocenters. The minimum absolute atomic E-state index is 0.00172. The number of aromatic nitrogens is 2. The summed E-state index contributed by atoms with van der Waals surface area (Å²) in [6.07, 6.45) is 1.92. The Bertz CT molecular complexity index is 746. The highest BCUT2D eigenvalue weighted by Gasteiger charge is 2.21. The van der Waals surface area contributed by atoms with Crippen molar-refractivity contribution in [3.63, 3.8) is 0 Å².